The van der Waals surface area contributed by atoms with Crippen LogP contribution in [0.15, 0.2) is 23.6 Å². The first kappa shape index (κ1) is 10.9. The fourth-order valence-corrected chi connectivity index (χ4v) is 2.23. The Morgan fingerprint density at radius 2 is 2.33 bits per heavy atom. The van der Waals surface area contributed by atoms with E-state index < -0.39 is 5.60 Å². The lowest BCUT2D eigenvalue weighted by atomic mass is 9.88. The molecule has 0 N–H and O–H groups in total. The molecule has 0 bridgehead atoms. The van der Waals surface area contributed by atoms with Gasteiger partial charge in [0.2, 0.25) is 0 Å². The van der Waals surface area contributed by atoms with Crippen molar-refractivity contribution < 1.29 is 13.9 Å². The summed E-state index contributed by atoms with van der Waals surface area (Å²) in [5.41, 5.74) is 0.304. The van der Waals surface area contributed by atoms with E-state index in [4.69, 9.17) is 21.7 Å². The minimum atomic E-state index is -0.498. The molecule has 0 saturated carbocycles. The topological polar surface area (TPSA) is 18.5 Å². The third-order valence-corrected chi connectivity index (χ3v) is 3.14. The van der Waals surface area contributed by atoms with Crippen LogP contribution in [0.3, 0.4) is 0 Å². The first-order valence-electron chi connectivity index (χ1n) is 4.90. The van der Waals surface area contributed by atoms with Crippen molar-refractivity contribution >= 4 is 17.1 Å². The van der Waals surface area contributed by atoms with Crippen molar-refractivity contribution in [3.05, 3.63) is 23.6 Å². The Morgan fingerprint density at radius 1 is 1.53 bits per heavy atom. The average molecular weight is 228 g/mol. The molecule has 0 radical (unpaired) electrons. The first-order chi connectivity index (χ1) is 7.16. The van der Waals surface area contributed by atoms with Crippen LogP contribution in [0.2, 0.25) is 0 Å². The number of ether oxygens (including phenoxy) is 2. The van der Waals surface area contributed by atoms with Gasteiger partial charge in [0.15, 0.2) is 0 Å². The molecular weight excluding hydrogens is 215 g/mol. The number of rotatable bonds is 2. The lowest BCUT2D eigenvalue weighted by Crippen LogP contribution is -2.34. The lowest BCUT2D eigenvalue weighted by Gasteiger charge is -2.28. The van der Waals surface area contributed by atoms with Gasteiger partial charge in [-0.25, -0.2) is 4.39 Å². The van der Waals surface area contributed by atoms with E-state index in [0.717, 1.165) is 12.0 Å². The van der Waals surface area contributed by atoms with Crippen molar-refractivity contribution in [2.75, 3.05) is 20.3 Å². The summed E-state index contributed by atoms with van der Waals surface area (Å²) in [6, 6.07) is 0. The number of methoxy groups -OCH3 is 1. The van der Waals surface area contributed by atoms with Crippen LogP contribution in [0, 0.1) is 0 Å². The number of allylic oxidation sites excluding steroid dienone is 2. The predicted molar refractivity (Wildman–Crippen MR) is 59.7 cm³/mol. The Bertz CT molecular complexity index is 340. The minimum absolute atomic E-state index is 0.194. The minimum Gasteiger partial charge on any atom is -0.378 e. The van der Waals surface area contributed by atoms with Gasteiger partial charge in [-0.15, -0.1) is 0 Å². The fourth-order valence-electron chi connectivity index (χ4n) is 1.97. The molecule has 4 heteroatoms. The second-order valence-electron chi connectivity index (χ2n) is 3.83. The molecule has 1 unspecified atom stereocenters. The Hall–Kier alpha value is -0.580. The van der Waals surface area contributed by atoms with Gasteiger partial charge in [0.05, 0.1) is 6.61 Å². The number of thiocarbonyl (C=S) groups is 1. The molecule has 2 rings (SSSR count). The van der Waals surface area contributed by atoms with E-state index in [1.807, 2.05) is 6.08 Å². The van der Waals surface area contributed by atoms with Gasteiger partial charge in [0.1, 0.15) is 11.4 Å². The van der Waals surface area contributed by atoms with Crippen LogP contribution in [-0.4, -0.2) is 30.8 Å². The van der Waals surface area contributed by atoms with E-state index in [1.165, 1.54) is 6.08 Å². The fraction of sp³-hybridized carbons (Fsp3) is 0.545. The standard InChI is InChI=1S/C11H13FO2S/c1-13-11(2-3-14-7-11)8-4-9(12)6-10(15)5-8/h4-5H,2-3,6-7H2,1H3. The third kappa shape index (κ3) is 2.02. The Kier molecular flexibility index (Phi) is 3.00. The maximum Gasteiger partial charge on any atom is 0.118 e. The molecule has 15 heavy (non-hydrogen) atoms. The largest absolute Gasteiger partial charge is 0.378 e. The molecule has 1 heterocycles. The van der Waals surface area contributed by atoms with Crippen molar-refractivity contribution in [2.24, 2.45) is 0 Å². The van der Waals surface area contributed by atoms with E-state index in [1.54, 1.807) is 7.11 Å². The molecule has 82 valence electrons. The number of hydrogen-bond acceptors (Lipinski definition) is 3. The normalized spacial score (nSPS) is 31.5. The average Bonchev–Trinajstić information content (AvgIpc) is 2.65. The predicted octanol–water partition coefficient (Wildman–Crippen LogP) is 2.35. The zero-order chi connectivity index (χ0) is 10.9. The monoisotopic (exact) mass is 228 g/mol. The van der Waals surface area contributed by atoms with Crippen LogP contribution in [-0.2, 0) is 9.47 Å². The lowest BCUT2D eigenvalue weighted by molar-refractivity contribution is 0.0150. The molecule has 0 amide bonds. The van der Waals surface area contributed by atoms with Crippen LogP contribution in [0.4, 0.5) is 4.39 Å². The Morgan fingerprint density at radius 3 is 2.87 bits per heavy atom. The highest BCUT2D eigenvalue weighted by Crippen LogP contribution is 2.34. The van der Waals surface area contributed by atoms with E-state index >= 15 is 0 Å². The van der Waals surface area contributed by atoms with Gasteiger partial charge in [-0.3, -0.25) is 0 Å². The van der Waals surface area contributed by atoms with Crippen molar-refractivity contribution in [3.63, 3.8) is 0 Å². The molecule has 2 aliphatic rings. The first-order valence-corrected chi connectivity index (χ1v) is 5.31. The van der Waals surface area contributed by atoms with Crippen LogP contribution in [0.1, 0.15) is 12.8 Å². The highest BCUT2D eigenvalue weighted by atomic mass is 32.1. The number of halogens is 1. The molecule has 2 nitrogen and oxygen atoms in total. The van der Waals surface area contributed by atoms with Crippen LogP contribution >= 0.6 is 12.2 Å². The van der Waals surface area contributed by atoms with Crippen LogP contribution in [0.5, 0.6) is 0 Å². The molecule has 0 spiro atoms. The smallest absolute Gasteiger partial charge is 0.118 e. The molecule has 0 aromatic rings. The maximum absolute atomic E-state index is 13.3. The summed E-state index contributed by atoms with van der Waals surface area (Å²) >= 11 is 5.04. The highest BCUT2D eigenvalue weighted by Gasteiger charge is 2.39. The quantitative estimate of drug-likeness (QED) is 0.676. The van der Waals surface area contributed by atoms with Gasteiger partial charge in [0.25, 0.3) is 0 Å². The molecule has 0 aromatic heterocycles. The van der Waals surface area contributed by atoms with Gasteiger partial charge in [-0.05, 0) is 17.7 Å². The summed E-state index contributed by atoms with van der Waals surface area (Å²) in [5.74, 6) is -0.194. The SMILES string of the molecule is COC1(C2=CC(=S)CC(F)=C2)CCOC1. The van der Waals surface area contributed by atoms with Crippen LogP contribution in [0.25, 0.3) is 0 Å². The summed E-state index contributed by atoms with van der Waals surface area (Å²) in [4.78, 5) is 0.619. The molecule has 1 atom stereocenters. The second-order valence-corrected chi connectivity index (χ2v) is 4.36. The highest BCUT2D eigenvalue weighted by molar-refractivity contribution is 7.80. The third-order valence-electron chi connectivity index (χ3n) is 2.87. The second kappa shape index (κ2) is 4.12. The van der Waals surface area contributed by atoms with E-state index in [-0.39, 0.29) is 12.2 Å². The molecule has 1 aliphatic carbocycles. The van der Waals surface area contributed by atoms with Crippen LogP contribution < -0.4 is 0 Å². The summed E-state index contributed by atoms with van der Waals surface area (Å²) in [5, 5.41) is 0. The van der Waals surface area contributed by atoms with Crippen molar-refractivity contribution in [3.8, 4) is 0 Å². The van der Waals surface area contributed by atoms with Gasteiger partial charge in [-0.1, -0.05) is 12.2 Å². The molecule has 1 fully saturated rings. The van der Waals surface area contributed by atoms with Gasteiger partial charge in [0, 0.05) is 31.4 Å². The van der Waals surface area contributed by atoms with E-state index in [2.05, 4.69) is 0 Å². The Labute approximate surface area is 93.7 Å². The van der Waals surface area contributed by atoms with E-state index in [0.29, 0.717) is 18.1 Å². The van der Waals surface area contributed by atoms with Crippen molar-refractivity contribution in [1.29, 1.82) is 0 Å². The van der Waals surface area contributed by atoms with E-state index in [9.17, 15) is 4.39 Å². The molecule has 0 aromatic carbocycles. The Balaban J connectivity index is 2.32. The molecular formula is C11H13FO2S. The van der Waals surface area contributed by atoms with Gasteiger partial charge in [-0.2, -0.15) is 0 Å². The number of hydrogen-bond donors (Lipinski definition) is 0. The maximum atomic E-state index is 13.3. The molecule has 1 aliphatic heterocycles. The van der Waals surface area contributed by atoms with Crippen molar-refractivity contribution in [1.82, 2.24) is 0 Å². The summed E-state index contributed by atoms with van der Waals surface area (Å²) in [6.07, 6.45) is 4.34. The van der Waals surface area contributed by atoms with Gasteiger partial charge >= 0.3 is 0 Å². The molecule has 1 saturated heterocycles. The summed E-state index contributed by atoms with van der Waals surface area (Å²) in [7, 11) is 1.62. The summed E-state index contributed by atoms with van der Waals surface area (Å²) in [6.45, 7) is 1.12. The zero-order valence-electron chi connectivity index (χ0n) is 8.59. The van der Waals surface area contributed by atoms with Crippen molar-refractivity contribution in [2.45, 2.75) is 18.4 Å². The van der Waals surface area contributed by atoms with Gasteiger partial charge < -0.3 is 9.47 Å². The summed E-state index contributed by atoms with van der Waals surface area (Å²) < 4.78 is 24.1. The zero-order valence-corrected chi connectivity index (χ0v) is 9.40.